The predicted molar refractivity (Wildman–Crippen MR) is 101 cm³/mol. The Hall–Kier alpha value is -2.86. The number of nitrogens with zero attached hydrogens (tertiary/aromatic N) is 2. The highest BCUT2D eigenvalue weighted by atomic mass is 16.4. The number of aromatic nitrogens is 1. The smallest absolute Gasteiger partial charge is 0.408 e. The summed E-state index contributed by atoms with van der Waals surface area (Å²) in [6, 6.07) is 16.5. The largest absolute Gasteiger partial charge is 0.420 e. The van der Waals surface area contributed by atoms with E-state index in [1.807, 2.05) is 50.5 Å². The number of fused-ring (bicyclic) bond motifs is 1. The fourth-order valence-corrected chi connectivity index (χ4v) is 3.09. The lowest BCUT2D eigenvalue weighted by molar-refractivity contribution is -0.124. The molecule has 0 fully saturated rings. The Morgan fingerprint density at radius 1 is 1.12 bits per heavy atom. The summed E-state index contributed by atoms with van der Waals surface area (Å²) in [5, 5.41) is 2.96. The van der Waals surface area contributed by atoms with Crippen molar-refractivity contribution in [3.63, 3.8) is 0 Å². The lowest BCUT2D eigenvalue weighted by Gasteiger charge is -2.26. The maximum atomic E-state index is 12.7. The first-order valence-electron chi connectivity index (χ1n) is 8.58. The first kappa shape index (κ1) is 17.9. The van der Waals surface area contributed by atoms with Gasteiger partial charge in [-0.1, -0.05) is 42.5 Å². The number of carbonyl (C=O) groups excluding carboxylic acids is 1. The molecule has 1 amide bonds. The molecule has 26 heavy (non-hydrogen) atoms. The topological polar surface area (TPSA) is 67.5 Å². The second-order valence-electron chi connectivity index (χ2n) is 6.52. The van der Waals surface area contributed by atoms with E-state index >= 15 is 0 Å². The van der Waals surface area contributed by atoms with Crippen molar-refractivity contribution in [1.29, 1.82) is 0 Å². The van der Waals surface area contributed by atoms with E-state index in [9.17, 15) is 9.59 Å². The van der Waals surface area contributed by atoms with Crippen LogP contribution in [-0.2, 0) is 4.79 Å². The number of nitrogens with one attached hydrogen (secondary N) is 1. The van der Waals surface area contributed by atoms with E-state index in [2.05, 4.69) is 10.2 Å². The molecule has 0 aliphatic carbocycles. The molecule has 0 saturated carbocycles. The minimum Gasteiger partial charge on any atom is -0.408 e. The number of para-hydroxylation sites is 2. The number of likely N-dealkylation sites (N-methyl/N-ethyl adjacent to an activating group) is 1. The van der Waals surface area contributed by atoms with Gasteiger partial charge in [0, 0.05) is 6.54 Å². The fraction of sp³-hybridized carbons (Fsp3) is 0.300. The third kappa shape index (κ3) is 3.55. The van der Waals surface area contributed by atoms with Gasteiger partial charge < -0.3 is 14.6 Å². The van der Waals surface area contributed by atoms with E-state index in [4.69, 9.17) is 4.42 Å². The van der Waals surface area contributed by atoms with Crippen molar-refractivity contribution >= 4 is 17.0 Å². The molecule has 0 bridgehead atoms. The van der Waals surface area contributed by atoms with Gasteiger partial charge in [-0.2, -0.15) is 0 Å². The molecule has 0 saturated heterocycles. The van der Waals surface area contributed by atoms with Crippen molar-refractivity contribution in [3.05, 3.63) is 70.7 Å². The van der Waals surface area contributed by atoms with E-state index in [0.717, 1.165) is 5.56 Å². The van der Waals surface area contributed by atoms with Crippen LogP contribution in [0.5, 0.6) is 0 Å². The van der Waals surface area contributed by atoms with E-state index < -0.39 is 11.8 Å². The highest BCUT2D eigenvalue weighted by molar-refractivity contribution is 5.82. The second kappa shape index (κ2) is 7.58. The Kier molecular flexibility index (Phi) is 5.23. The highest BCUT2D eigenvalue weighted by Crippen LogP contribution is 2.19. The van der Waals surface area contributed by atoms with Crippen LogP contribution in [-0.4, -0.2) is 36.0 Å². The molecular weight excluding hydrogens is 330 g/mol. The standard InChI is InChI=1S/C20H23N3O3/c1-14(23-16-11-7-8-12-18(16)26-20(23)25)19(24)21-13-17(22(2)3)15-9-5-4-6-10-15/h4-12,14,17H,13H2,1-3H3,(H,21,24). The minimum absolute atomic E-state index is 0.0464. The molecule has 2 aromatic carbocycles. The third-order valence-electron chi connectivity index (χ3n) is 4.56. The molecule has 0 radical (unpaired) electrons. The lowest BCUT2D eigenvalue weighted by atomic mass is 10.1. The van der Waals surface area contributed by atoms with E-state index in [-0.39, 0.29) is 11.9 Å². The molecule has 2 unspecified atom stereocenters. The number of carbonyl (C=O) groups is 1. The van der Waals surface area contributed by atoms with Crippen molar-refractivity contribution in [1.82, 2.24) is 14.8 Å². The molecule has 136 valence electrons. The summed E-state index contributed by atoms with van der Waals surface area (Å²) in [6.45, 7) is 2.15. The Bertz CT molecular complexity index is 944. The van der Waals surface area contributed by atoms with Crippen LogP contribution in [0.15, 0.2) is 63.8 Å². The van der Waals surface area contributed by atoms with Crippen LogP contribution >= 0.6 is 0 Å². The number of hydrogen-bond donors (Lipinski definition) is 1. The Labute approximate surface area is 152 Å². The summed E-state index contributed by atoms with van der Waals surface area (Å²) in [4.78, 5) is 26.9. The molecule has 3 rings (SSSR count). The number of amides is 1. The monoisotopic (exact) mass is 353 g/mol. The highest BCUT2D eigenvalue weighted by Gasteiger charge is 2.22. The molecule has 3 aromatic rings. The average Bonchev–Trinajstić information content (AvgIpc) is 2.97. The lowest BCUT2D eigenvalue weighted by Crippen LogP contribution is -2.39. The van der Waals surface area contributed by atoms with Gasteiger partial charge in [-0.15, -0.1) is 0 Å². The van der Waals surface area contributed by atoms with Crippen LogP contribution in [0.1, 0.15) is 24.6 Å². The van der Waals surface area contributed by atoms with Crippen LogP contribution in [0.4, 0.5) is 0 Å². The zero-order valence-corrected chi connectivity index (χ0v) is 15.2. The van der Waals surface area contributed by atoms with Gasteiger partial charge in [-0.25, -0.2) is 4.79 Å². The van der Waals surface area contributed by atoms with E-state index in [0.29, 0.717) is 17.6 Å². The summed E-state index contributed by atoms with van der Waals surface area (Å²) in [6.07, 6.45) is 0. The average molecular weight is 353 g/mol. The quantitative estimate of drug-likeness (QED) is 0.740. The normalized spacial score (nSPS) is 13.7. The zero-order chi connectivity index (χ0) is 18.7. The van der Waals surface area contributed by atoms with Crippen LogP contribution in [0.2, 0.25) is 0 Å². The fourth-order valence-electron chi connectivity index (χ4n) is 3.09. The molecule has 2 atom stereocenters. The molecule has 6 nitrogen and oxygen atoms in total. The Morgan fingerprint density at radius 2 is 1.77 bits per heavy atom. The van der Waals surface area contributed by atoms with Crippen molar-refractivity contribution in [2.45, 2.75) is 19.0 Å². The molecule has 1 heterocycles. The van der Waals surface area contributed by atoms with Crippen LogP contribution in [0, 0.1) is 0 Å². The van der Waals surface area contributed by atoms with Crippen LogP contribution in [0.25, 0.3) is 11.1 Å². The van der Waals surface area contributed by atoms with Crippen molar-refractivity contribution in [2.24, 2.45) is 0 Å². The first-order chi connectivity index (χ1) is 12.5. The number of rotatable bonds is 6. The second-order valence-corrected chi connectivity index (χ2v) is 6.52. The van der Waals surface area contributed by atoms with Crippen molar-refractivity contribution in [3.8, 4) is 0 Å². The van der Waals surface area contributed by atoms with Gasteiger partial charge in [0.1, 0.15) is 6.04 Å². The maximum absolute atomic E-state index is 12.7. The number of benzene rings is 2. The molecule has 0 spiro atoms. The predicted octanol–water partition coefficient (Wildman–Crippen LogP) is 2.57. The Morgan fingerprint density at radius 3 is 2.46 bits per heavy atom. The SMILES string of the molecule is CC(C(=O)NCC(c1ccccc1)N(C)C)n1c(=O)oc2ccccc21. The van der Waals surface area contributed by atoms with Gasteiger partial charge in [0.15, 0.2) is 5.58 Å². The maximum Gasteiger partial charge on any atom is 0.420 e. The van der Waals surface area contributed by atoms with Crippen LogP contribution in [0.3, 0.4) is 0 Å². The first-order valence-corrected chi connectivity index (χ1v) is 8.58. The van der Waals surface area contributed by atoms with Gasteiger partial charge in [0.25, 0.3) is 0 Å². The van der Waals surface area contributed by atoms with Gasteiger partial charge >= 0.3 is 5.76 Å². The summed E-state index contributed by atoms with van der Waals surface area (Å²) >= 11 is 0. The van der Waals surface area contributed by atoms with Crippen molar-refractivity contribution < 1.29 is 9.21 Å². The molecule has 1 N–H and O–H groups in total. The zero-order valence-electron chi connectivity index (χ0n) is 15.2. The molecular formula is C20H23N3O3. The van der Waals surface area contributed by atoms with Gasteiger partial charge in [-0.3, -0.25) is 9.36 Å². The third-order valence-corrected chi connectivity index (χ3v) is 4.56. The van der Waals surface area contributed by atoms with Gasteiger partial charge in [-0.05, 0) is 38.7 Å². The van der Waals surface area contributed by atoms with E-state index in [1.165, 1.54) is 4.57 Å². The minimum atomic E-state index is -0.662. The number of hydrogen-bond acceptors (Lipinski definition) is 4. The molecule has 0 aliphatic rings. The molecule has 0 aliphatic heterocycles. The summed E-state index contributed by atoms with van der Waals surface area (Å²) < 4.78 is 6.61. The summed E-state index contributed by atoms with van der Waals surface area (Å²) in [7, 11) is 3.95. The van der Waals surface area contributed by atoms with Crippen molar-refractivity contribution in [2.75, 3.05) is 20.6 Å². The van der Waals surface area contributed by atoms with Crippen LogP contribution < -0.4 is 11.1 Å². The number of oxazole rings is 1. The van der Waals surface area contributed by atoms with Gasteiger partial charge in [0.05, 0.1) is 11.6 Å². The summed E-state index contributed by atoms with van der Waals surface area (Å²) in [5.41, 5.74) is 2.22. The van der Waals surface area contributed by atoms with Gasteiger partial charge in [0.2, 0.25) is 5.91 Å². The van der Waals surface area contributed by atoms with E-state index in [1.54, 1.807) is 25.1 Å². The summed E-state index contributed by atoms with van der Waals surface area (Å²) in [5.74, 6) is -0.748. The molecule has 1 aromatic heterocycles. The molecule has 6 heteroatoms. The Balaban J connectivity index is 1.76.